The van der Waals surface area contributed by atoms with Crippen LogP contribution in [0.3, 0.4) is 0 Å². The fourth-order valence-corrected chi connectivity index (χ4v) is 11.2. The number of carbonyl (C=O) groups is 5. The average Bonchev–Trinajstić information content (AvgIpc) is 0.807. The smallest absolute Gasteiger partial charge is 0.418 e. The van der Waals surface area contributed by atoms with Crippen LogP contribution >= 0.6 is 0 Å². The zero-order chi connectivity index (χ0) is 94.6. The van der Waals surface area contributed by atoms with Crippen molar-refractivity contribution in [2.24, 2.45) is 29.4 Å². The number of nitrogen functional groups attached to an aromatic ring is 5. The number of halogens is 15. The Morgan fingerprint density at radius 3 is 0.992 bits per heavy atom. The Labute approximate surface area is 727 Å². The van der Waals surface area contributed by atoms with Crippen LogP contribution in [0.15, 0.2) is 152 Å². The summed E-state index contributed by atoms with van der Waals surface area (Å²) in [6.45, 7) is 18.0. The van der Waals surface area contributed by atoms with Gasteiger partial charge in [-0.15, -0.1) is 0 Å². The molecule has 0 bridgehead atoms. The number of pyridine rings is 10. The number of hydrogen-bond donors (Lipinski definition) is 8. The molecule has 41 heteroatoms. The molecule has 14 N–H and O–H groups in total. The van der Waals surface area contributed by atoms with Gasteiger partial charge in [0.1, 0.15) is 70.0 Å². The summed E-state index contributed by atoms with van der Waals surface area (Å²) >= 11 is 0. The van der Waals surface area contributed by atoms with Crippen LogP contribution in [0.1, 0.15) is 222 Å². The highest BCUT2D eigenvalue weighted by Gasteiger charge is 2.42. The molecule has 0 aliphatic rings. The summed E-state index contributed by atoms with van der Waals surface area (Å²) in [5.41, 5.74) is 24.3. The second-order valence-electron chi connectivity index (χ2n) is 29.3. The predicted octanol–water partition coefficient (Wildman–Crippen LogP) is 17.9. The first-order valence-corrected chi connectivity index (χ1v) is 39.2. The van der Waals surface area contributed by atoms with Crippen LogP contribution in [0, 0.1) is 23.7 Å². The van der Waals surface area contributed by atoms with Gasteiger partial charge in [-0.1, -0.05) is 89.0 Å². The van der Waals surface area contributed by atoms with Crippen LogP contribution in [-0.4, -0.2) is 122 Å². The number of anilines is 6. The lowest BCUT2D eigenvalue weighted by Crippen LogP contribution is -2.30. The predicted molar refractivity (Wildman–Crippen MR) is 449 cm³/mol. The Bertz CT molecular complexity index is 5240. The maximum absolute atomic E-state index is 13.3. The van der Waals surface area contributed by atoms with Crippen molar-refractivity contribution in [3.8, 4) is 17.6 Å². The van der Waals surface area contributed by atoms with E-state index in [4.69, 9.17) is 48.6 Å². The normalized spacial score (nSPS) is 12.2. The lowest BCUT2D eigenvalue weighted by atomic mass is 9.99. The number of rotatable bonds is 31. The Hall–Kier alpha value is -13.1. The van der Waals surface area contributed by atoms with Crippen molar-refractivity contribution >= 4 is 63.8 Å². The SMILES string of the molecule is C.CC(C)C(CO)Nc1ccc(C(F)(F)F)c(C(=O)c2cccnc2N)n1.CC(C)C[C@H](N)COc1ccc(C(F)(F)F)c(C(=O)c2cccnc2N)n1.CC(C)[C@H](C)COc1ccc(C(F)(F)F)c(C(=O)c2cccnc2N)n1.CCCCCc1ccc(C(F)(F)F)c(C(=O)c2cccnc2N)n1.CCCCOc1ccc(C(F)(F)F)c(C(=O)c2cccnc2N)n1. The van der Waals surface area contributed by atoms with Crippen LogP contribution < -0.4 is 53.9 Å². The number of hydrogen-bond acceptors (Lipinski definition) is 26. The van der Waals surface area contributed by atoms with E-state index in [1.165, 1.54) is 97.7 Å². The Kier molecular flexibility index (Phi) is 39.1. The lowest BCUT2D eigenvalue weighted by molar-refractivity contribution is -0.139. The van der Waals surface area contributed by atoms with Gasteiger partial charge in [-0.05, 0) is 152 Å². The van der Waals surface area contributed by atoms with Crippen molar-refractivity contribution in [3.63, 3.8) is 0 Å². The molecule has 0 radical (unpaired) electrons. The Morgan fingerprint density at radius 1 is 0.391 bits per heavy atom. The number of nitrogens with two attached hydrogens (primary N) is 6. The standard InChI is InChI=1S/C18H21F3N4O2.C18H20F3N3O2.C17H19F3N4O2.C17H18F3N3O.C16H16F3N3O2.CH4/c1-10(2)8-11(22)9-27-14-6-5-13(18(19,20)21)15(25-14)16(26)12-4-3-7-24-17(12)23;1-10(2)11(3)9-26-14-7-6-13(18(19,20)21)15(24-14)16(25)12-5-4-8-23-17(12)22;1-9(2)12(8-25)23-13-6-5-11(17(18,19)20)14(24-13)15(26)10-4-3-7-22-16(10)21;1-2-3-4-6-11-8-9-13(17(18,19)20)14(23-11)15(24)12-7-5-10-22-16(12)21;1-2-3-9-24-12-7-6-11(16(17,18)19)13(22-12)14(23)10-5-4-8-21-15(10)20;/h3-7,10-11H,8-9,22H2,1-2H3,(H2,23,24);4-8,10-11H,9H2,1-3H3,(H2,22,23);3-7,9,12,25H,8H2,1-2H3,(H2,21,22)(H,23,24);5,7-10H,2-4,6H2,1H3,(H2,21,22);4-8H,2-3,9H2,1H3,(H2,20,21);1H4/t2*11-;;;;/m01..../s1. The van der Waals surface area contributed by atoms with Crippen LogP contribution in [0.25, 0.3) is 0 Å². The Balaban J connectivity index is 0.000000283. The fourth-order valence-electron chi connectivity index (χ4n) is 11.2. The maximum atomic E-state index is 13.3. The minimum Gasteiger partial charge on any atom is -0.478 e. The molecule has 690 valence electrons. The quantitative estimate of drug-likeness (QED) is 0.0114. The number of aliphatic hydroxyl groups excluding tert-OH is 1. The monoisotopic (exact) mass is 1810 g/mol. The highest BCUT2D eigenvalue weighted by atomic mass is 19.4. The molecule has 0 fully saturated rings. The van der Waals surface area contributed by atoms with Gasteiger partial charge in [0.25, 0.3) is 0 Å². The molecule has 10 rings (SSSR count). The fraction of sp³-hybridized carbons (Fsp3) is 0.368. The van der Waals surface area contributed by atoms with Crippen LogP contribution in [-0.2, 0) is 37.3 Å². The number of aliphatic hydroxyl groups is 1. The molecule has 0 aliphatic heterocycles. The molecule has 0 amide bonds. The third-order valence-electron chi connectivity index (χ3n) is 18.4. The number of ketones is 5. The topological polar surface area (TPSA) is 430 Å². The van der Waals surface area contributed by atoms with Crippen molar-refractivity contribution in [1.82, 2.24) is 49.8 Å². The van der Waals surface area contributed by atoms with E-state index in [1.54, 1.807) is 0 Å². The third kappa shape index (κ3) is 30.6. The van der Waals surface area contributed by atoms with Crippen molar-refractivity contribution in [1.29, 1.82) is 0 Å². The van der Waals surface area contributed by atoms with E-state index < -0.39 is 122 Å². The van der Waals surface area contributed by atoms with Gasteiger partial charge in [0.05, 0.1) is 81.5 Å². The number of aryl methyl sites for hydroxylation is 1. The molecule has 1 unspecified atom stereocenters. The summed E-state index contributed by atoms with van der Waals surface area (Å²) in [6, 6.07) is 22.6. The number of nitrogens with one attached hydrogen (secondary N) is 1. The lowest BCUT2D eigenvalue weighted by Gasteiger charge is -2.21. The van der Waals surface area contributed by atoms with Gasteiger partial charge in [0.15, 0.2) is 0 Å². The minimum atomic E-state index is -4.76. The third-order valence-corrected chi connectivity index (χ3v) is 18.4. The van der Waals surface area contributed by atoms with E-state index in [2.05, 4.69) is 55.2 Å². The highest BCUT2D eigenvalue weighted by molar-refractivity contribution is 6.14. The molecule has 0 spiro atoms. The maximum Gasteiger partial charge on any atom is 0.418 e. The van der Waals surface area contributed by atoms with Gasteiger partial charge in [-0.2, -0.15) is 65.9 Å². The van der Waals surface area contributed by atoms with Gasteiger partial charge in [-0.25, -0.2) is 49.8 Å². The van der Waals surface area contributed by atoms with E-state index in [-0.39, 0.29) is 125 Å². The minimum absolute atomic E-state index is 0. The molecule has 0 saturated heterocycles. The second-order valence-corrected chi connectivity index (χ2v) is 29.3. The van der Waals surface area contributed by atoms with Crippen molar-refractivity contribution in [3.05, 3.63) is 242 Å². The van der Waals surface area contributed by atoms with Crippen LogP contribution in [0.4, 0.5) is 101 Å². The molecule has 128 heavy (non-hydrogen) atoms. The zero-order valence-corrected chi connectivity index (χ0v) is 70.0. The molecule has 26 nitrogen and oxygen atoms in total. The summed E-state index contributed by atoms with van der Waals surface area (Å²) in [6.07, 6.45) is -11.4. The highest BCUT2D eigenvalue weighted by Crippen LogP contribution is 2.40. The largest absolute Gasteiger partial charge is 0.478 e. The number of ether oxygens (including phenoxy) is 3. The van der Waals surface area contributed by atoms with Crippen molar-refractivity contribution in [2.45, 2.75) is 158 Å². The molecule has 10 aromatic rings. The first kappa shape index (κ1) is 105. The first-order valence-electron chi connectivity index (χ1n) is 39.2. The zero-order valence-electron chi connectivity index (χ0n) is 70.0. The summed E-state index contributed by atoms with van der Waals surface area (Å²) in [5.74, 6) is -4.83. The summed E-state index contributed by atoms with van der Waals surface area (Å²) in [5, 5.41) is 12.2. The molecule has 0 aromatic carbocycles. The van der Waals surface area contributed by atoms with Gasteiger partial charge < -0.3 is 59.0 Å². The molecule has 10 heterocycles. The molecule has 0 saturated carbocycles. The number of unbranched alkanes of at least 4 members (excludes halogenated alkanes) is 3. The summed E-state index contributed by atoms with van der Waals surface area (Å²) in [7, 11) is 0. The number of alkyl halides is 15. The molecule has 10 aromatic heterocycles. The summed E-state index contributed by atoms with van der Waals surface area (Å²) in [4.78, 5) is 101. The number of aromatic nitrogens is 10. The number of carbonyl (C=O) groups excluding carboxylic acids is 5. The van der Waals surface area contributed by atoms with Gasteiger partial charge in [0.2, 0.25) is 46.6 Å². The molecule has 3 atom stereocenters. The van der Waals surface area contributed by atoms with E-state index >= 15 is 0 Å². The molecule has 0 aliphatic carbocycles. The van der Waals surface area contributed by atoms with Crippen molar-refractivity contribution < 1.29 is 109 Å². The Morgan fingerprint density at radius 2 is 0.695 bits per heavy atom. The molecular formula is C87H98F15N17O9. The van der Waals surface area contributed by atoms with Gasteiger partial charge >= 0.3 is 30.9 Å². The van der Waals surface area contributed by atoms with E-state index in [0.29, 0.717) is 37.0 Å². The average molecular weight is 1810 g/mol. The van der Waals surface area contributed by atoms with Crippen LogP contribution in [0.2, 0.25) is 0 Å². The number of nitrogens with zero attached hydrogens (tertiary/aromatic N) is 10. The van der Waals surface area contributed by atoms with Crippen molar-refractivity contribution in [2.75, 3.05) is 60.4 Å². The van der Waals surface area contributed by atoms with E-state index in [1.807, 2.05) is 62.3 Å². The van der Waals surface area contributed by atoms with Gasteiger partial charge in [-0.3, -0.25) is 24.0 Å². The summed E-state index contributed by atoms with van der Waals surface area (Å²) < 4.78 is 215. The van der Waals surface area contributed by atoms with E-state index in [9.17, 15) is 94.9 Å². The second kappa shape index (κ2) is 47.5. The van der Waals surface area contributed by atoms with Gasteiger partial charge in [0, 0.05) is 60.9 Å². The first-order chi connectivity index (χ1) is 59.5. The molecular weight excluding hydrogens is 1710 g/mol. The van der Waals surface area contributed by atoms with Crippen LogP contribution in [0.5, 0.6) is 17.6 Å². The van der Waals surface area contributed by atoms with E-state index in [0.717, 1.165) is 86.7 Å².